The van der Waals surface area contributed by atoms with Crippen molar-refractivity contribution < 1.29 is 4.74 Å². The Morgan fingerprint density at radius 1 is 0.714 bits per heavy atom. The van der Waals surface area contributed by atoms with Crippen LogP contribution in [0, 0.1) is 11.8 Å². The Hall–Kier alpha value is -2.90. The summed E-state index contributed by atoms with van der Waals surface area (Å²) in [4.78, 5) is 0. The molecule has 1 nitrogen and oxygen atoms in total. The molecule has 0 aromatic heterocycles. The lowest BCUT2D eigenvalue weighted by Crippen LogP contribution is -2.21. The van der Waals surface area contributed by atoms with Crippen LogP contribution >= 0.6 is 0 Å². The molecule has 0 spiro atoms. The SMILES string of the molecule is C/C(=C\c1ccccc1)[C@@H]1[C@H](/C=C/c2ccccc2)[C@@H]2O[C@H]1c1ccccc12. The number of ether oxygens (including phenoxy) is 1. The highest BCUT2D eigenvalue weighted by atomic mass is 16.5. The highest BCUT2D eigenvalue weighted by Gasteiger charge is 2.51. The second kappa shape index (κ2) is 7.26. The van der Waals surface area contributed by atoms with Crippen LogP contribution < -0.4 is 0 Å². The first-order chi connectivity index (χ1) is 13.8. The maximum atomic E-state index is 6.52. The summed E-state index contributed by atoms with van der Waals surface area (Å²) < 4.78 is 6.52. The van der Waals surface area contributed by atoms with Gasteiger partial charge in [0.2, 0.25) is 0 Å². The Morgan fingerprint density at radius 2 is 1.29 bits per heavy atom. The molecule has 1 heteroatoms. The predicted octanol–water partition coefficient (Wildman–Crippen LogP) is 6.86. The number of hydrogen-bond donors (Lipinski definition) is 0. The van der Waals surface area contributed by atoms with E-state index in [4.69, 9.17) is 4.74 Å². The second-order valence-corrected chi connectivity index (χ2v) is 7.78. The third-order valence-electron chi connectivity index (χ3n) is 6.02. The Bertz CT molecular complexity index is 1020. The average Bonchev–Trinajstić information content (AvgIpc) is 3.31. The van der Waals surface area contributed by atoms with E-state index in [-0.39, 0.29) is 12.2 Å². The summed E-state index contributed by atoms with van der Waals surface area (Å²) in [7, 11) is 0. The summed E-state index contributed by atoms with van der Waals surface area (Å²) in [6, 6.07) is 29.9. The Kier molecular flexibility index (Phi) is 4.46. The monoisotopic (exact) mass is 364 g/mol. The molecule has 138 valence electrons. The van der Waals surface area contributed by atoms with Gasteiger partial charge in [-0.2, -0.15) is 0 Å². The molecule has 0 amide bonds. The van der Waals surface area contributed by atoms with Gasteiger partial charge >= 0.3 is 0 Å². The maximum Gasteiger partial charge on any atom is 0.0909 e. The lowest BCUT2D eigenvalue weighted by molar-refractivity contribution is 0.0595. The minimum Gasteiger partial charge on any atom is -0.364 e. The van der Waals surface area contributed by atoms with Crippen molar-refractivity contribution >= 4 is 12.2 Å². The van der Waals surface area contributed by atoms with E-state index in [0.29, 0.717) is 11.8 Å². The van der Waals surface area contributed by atoms with Crippen LogP contribution in [0.1, 0.15) is 41.4 Å². The zero-order valence-electron chi connectivity index (χ0n) is 16.0. The summed E-state index contributed by atoms with van der Waals surface area (Å²) in [5.41, 5.74) is 6.60. The normalized spacial score (nSPS) is 26.0. The topological polar surface area (TPSA) is 9.23 Å². The van der Waals surface area contributed by atoms with Crippen LogP contribution in [-0.4, -0.2) is 0 Å². The second-order valence-electron chi connectivity index (χ2n) is 7.78. The summed E-state index contributed by atoms with van der Waals surface area (Å²) in [6.45, 7) is 2.26. The van der Waals surface area contributed by atoms with Gasteiger partial charge in [0.15, 0.2) is 0 Å². The van der Waals surface area contributed by atoms with Crippen LogP contribution in [0.4, 0.5) is 0 Å². The first kappa shape index (κ1) is 17.2. The molecule has 5 rings (SSSR count). The van der Waals surface area contributed by atoms with Gasteiger partial charge < -0.3 is 4.74 Å². The molecule has 28 heavy (non-hydrogen) atoms. The van der Waals surface area contributed by atoms with Crippen molar-refractivity contribution in [2.45, 2.75) is 19.1 Å². The Morgan fingerprint density at radius 3 is 1.96 bits per heavy atom. The van der Waals surface area contributed by atoms with Crippen molar-refractivity contribution in [1.82, 2.24) is 0 Å². The molecule has 1 fully saturated rings. The van der Waals surface area contributed by atoms with Gasteiger partial charge in [0.25, 0.3) is 0 Å². The predicted molar refractivity (Wildman–Crippen MR) is 116 cm³/mol. The molecule has 0 radical (unpaired) electrons. The van der Waals surface area contributed by atoms with Crippen LogP contribution in [0.2, 0.25) is 0 Å². The molecule has 2 bridgehead atoms. The minimum atomic E-state index is 0.144. The van der Waals surface area contributed by atoms with Crippen LogP contribution in [0.3, 0.4) is 0 Å². The molecule has 2 aliphatic rings. The van der Waals surface area contributed by atoms with Crippen molar-refractivity contribution in [3.63, 3.8) is 0 Å². The van der Waals surface area contributed by atoms with Gasteiger partial charge in [0.05, 0.1) is 12.2 Å². The van der Waals surface area contributed by atoms with Gasteiger partial charge in [0, 0.05) is 11.8 Å². The van der Waals surface area contributed by atoms with Crippen molar-refractivity contribution in [2.75, 3.05) is 0 Å². The van der Waals surface area contributed by atoms with Crippen LogP contribution in [-0.2, 0) is 4.74 Å². The average molecular weight is 364 g/mol. The first-order valence-corrected chi connectivity index (χ1v) is 10.0. The molecule has 0 aliphatic carbocycles. The quantitative estimate of drug-likeness (QED) is 0.491. The van der Waals surface area contributed by atoms with E-state index in [1.54, 1.807) is 0 Å². The van der Waals surface area contributed by atoms with Crippen LogP contribution in [0.15, 0.2) is 96.6 Å². The lowest BCUT2D eigenvalue weighted by Gasteiger charge is -2.28. The molecule has 3 aromatic carbocycles. The minimum absolute atomic E-state index is 0.144. The van der Waals surface area contributed by atoms with Crippen LogP contribution in [0.5, 0.6) is 0 Å². The first-order valence-electron chi connectivity index (χ1n) is 10.0. The zero-order valence-corrected chi connectivity index (χ0v) is 16.0. The fourth-order valence-electron chi connectivity index (χ4n) is 4.76. The number of rotatable bonds is 4. The van der Waals surface area contributed by atoms with Gasteiger partial charge in [-0.05, 0) is 29.2 Å². The van der Waals surface area contributed by atoms with E-state index >= 15 is 0 Å². The molecule has 2 heterocycles. The number of fused-ring (bicyclic) bond motifs is 5. The van der Waals surface area contributed by atoms with E-state index in [2.05, 4.69) is 110 Å². The third kappa shape index (κ3) is 3.02. The van der Waals surface area contributed by atoms with Crippen LogP contribution in [0.25, 0.3) is 12.2 Å². The van der Waals surface area contributed by atoms with Gasteiger partial charge in [0.1, 0.15) is 0 Å². The molecular formula is C27H24O. The summed E-state index contributed by atoms with van der Waals surface area (Å²) >= 11 is 0. The van der Waals surface area contributed by atoms with E-state index in [1.165, 1.54) is 27.8 Å². The standard InChI is InChI=1S/C27H24O/c1-19(18-21-12-6-3-7-13-21)25-24(17-16-20-10-4-2-5-11-20)26-22-14-8-9-15-23(22)27(25)28-26/h2-18,24-27H,1H3/b17-16+,19-18+/t24-,25+,26+,27-/m0/s1. The van der Waals surface area contributed by atoms with E-state index in [1.807, 2.05) is 0 Å². The van der Waals surface area contributed by atoms with E-state index in [0.717, 1.165) is 0 Å². The van der Waals surface area contributed by atoms with Crippen molar-refractivity contribution in [3.05, 3.63) is 119 Å². The Labute approximate surface area is 167 Å². The highest BCUT2D eigenvalue weighted by Crippen LogP contribution is 2.59. The fraction of sp³-hybridized carbons (Fsp3) is 0.185. The van der Waals surface area contributed by atoms with Crippen molar-refractivity contribution in [2.24, 2.45) is 11.8 Å². The molecule has 1 saturated heterocycles. The van der Waals surface area contributed by atoms with E-state index in [9.17, 15) is 0 Å². The lowest BCUT2D eigenvalue weighted by atomic mass is 9.72. The third-order valence-corrected chi connectivity index (χ3v) is 6.02. The van der Waals surface area contributed by atoms with Gasteiger partial charge in [-0.3, -0.25) is 0 Å². The molecule has 0 N–H and O–H groups in total. The molecule has 2 aliphatic heterocycles. The van der Waals surface area contributed by atoms with Gasteiger partial charge in [-0.1, -0.05) is 109 Å². The van der Waals surface area contributed by atoms with Gasteiger partial charge in [-0.15, -0.1) is 0 Å². The highest BCUT2D eigenvalue weighted by molar-refractivity contribution is 5.56. The Balaban J connectivity index is 1.53. The molecule has 0 saturated carbocycles. The smallest absolute Gasteiger partial charge is 0.0909 e. The number of benzene rings is 3. The largest absolute Gasteiger partial charge is 0.364 e. The van der Waals surface area contributed by atoms with Gasteiger partial charge in [-0.25, -0.2) is 0 Å². The summed E-state index contributed by atoms with van der Waals surface area (Å²) in [5.74, 6) is 0.708. The zero-order chi connectivity index (χ0) is 18.9. The molecule has 4 atom stereocenters. The summed E-state index contributed by atoms with van der Waals surface area (Å²) in [6.07, 6.45) is 7.22. The summed E-state index contributed by atoms with van der Waals surface area (Å²) in [5, 5.41) is 0. The molecule has 0 unspecified atom stereocenters. The van der Waals surface area contributed by atoms with Crippen molar-refractivity contribution in [3.8, 4) is 0 Å². The van der Waals surface area contributed by atoms with E-state index < -0.39 is 0 Å². The molecule has 3 aromatic rings. The number of hydrogen-bond acceptors (Lipinski definition) is 1. The molecular weight excluding hydrogens is 340 g/mol. The maximum absolute atomic E-state index is 6.52. The van der Waals surface area contributed by atoms with Crippen molar-refractivity contribution in [1.29, 1.82) is 0 Å². The fourth-order valence-corrected chi connectivity index (χ4v) is 4.76.